The van der Waals surface area contributed by atoms with Crippen molar-refractivity contribution in [2.75, 3.05) is 0 Å². The molecule has 0 aromatic heterocycles. The summed E-state index contributed by atoms with van der Waals surface area (Å²) in [5.41, 5.74) is 0. The molecule has 2 aliphatic carbocycles. The first-order chi connectivity index (χ1) is 11.7. The van der Waals surface area contributed by atoms with Crippen LogP contribution < -0.4 is 0 Å². The minimum absolute atomic E-state index is 0.388. The summed E-state index contributed by atoms with van der Waals surface area (Å²) in [7, 11) is 0. The molecule has 1 nitrogen and oxygen atoms in total. The van der Waals surface area contributed by atoms with Crippen molar-refractivity contribution in [1.29, 1.82) is 0 Å². The van der Waals surface area contributed by atoms with Crippen molar-refractivity contribution in [3.63, 3.8) is 0 Å². The molecular weight excluding hydrogens is 292 g/mol. The van der Waals surface area contributed by atoms with E-state index in [0.717, 1.165) is 24.2 Å². The maximum Gasteiger partial charge on any atom is 0.123 e. The van der Waals surface area contributed by atoms with Crippen LogP contribution in [0.25, 0.3) is 0 Å². The molecule has 24 heavy (non-hydrogen) atoms. The monoisotopic (exact) mass is 334 g/mol. The Morgan fingerprint density at radius 1 is 0.708 bits per heavy atom. The number of carbonyl (C=O) groups is 1. The standard InChI is InChI=1S/C23H42O/c1-19-12-11-17-21(20(19)2)13-7-5-3-4-6-8-14-22-15-9-10-16-23(22)18-24/h18-23H,3-17H2,1-2H3. The fraction of sp³-hybridized carbons (Fsp3) is 0.957. The van der Waals surface area contributed by atoms with Crippen LogP contribution in [0.3, 0.4) is 0 Å². The maximum atomic E-state index is 11.2. The van der Waals surface area contributed by atoms with E-state index in [2.05, 4.69) is 13.8 Å². The van der Waals surface area contributed by atoms with Gasteiger partial charge in [-0.05, 0) is 42.9 Å². The summed E-state index contributed by atoms with van der Waals surface area (Å²) >= 11 is 0. The summed E-state index contributed by atoms with van der Waals surface area (Å²) in [6.07, 6.45) is 22.0. The summed E-state index contributed by atoms with van der Waals surface area (Å²) in [6.45, 7) is 4.95. The predicted molar refractivity (Wildman–Crippen MR) is 104 cm³/mol. The summed E-state index contributed by atoms with van der Waals surface area (Å²) in [5, 5.41) is 0. The second-order valence-electron chi connectivity index (χ2n) is 9.07. The number of hydrogen-bond donors (Lipinski definition) is 0. The molecule has 1 heteroatoms. The van der Waals surface area contributed by atoms with Crippen molar-refractivity contribution in [2.45, 2.75) is 110 Å². The summed E-state index contributed by atoms with van der Waals surface area (Å²) in [4.78, 5) is 11.2. The summed E-state index contributed by atoms with van der Waals surface area (Å²) in [6, 6.07) is 0. The number of hydrogen-bond acceptors (Lipinski definition) is 1. The molecule has 0 heterocycles. The van der Waals surface area contributed by atoms with Gasteiger partial charge in [-0.1, -0.05) is 90.9 Å². The van der Waals surface area contributed by atoms with Gasteiger partial charge in [-0.3, -0.25) is 0 Å². The zero-order valence-corrected chi connectivity index (χ0v) is 16.5. The van der Waals surface area contributed by atoms with E-state index in [1.54, 1.807) is 0 Å². The fourth-order valence-electron chi connectivity index (χ4n) is 5.39. The van der Waals surface area contributed by atoms with Crippen molar-refractivity contribution in [1.82, 2.24) is 0 Å². The second-order valence-corrected chi connectivity index (χ2v) is 9.07. The van der Waals surface area contributed by atoms with E-state index < -0.39 is 0 Å². The van der Waals surface area contributed by atoms with E-state index in [-0.39, 0.29) is 0 Å². The highest BCUT2D eigenvalue weighted by Gasteiger charge is 2.26. The Bertz CT molecular complexity index is 337. The SMILES string of the molecule is CC1CCCC(CCCCCCCCC2CCCCC2C=O)C1C. The average molecular weight is 335 g/mol. The van der Waals surface area contributed by atoms with E-state index in [1.165, 1.54) is 96.2 Å². The highest BCUT2D eigenvalue weighted by molar-refractivity contribution is 5.54. The molecule has 0 saturated heterocycles. The normalized spacial score (nSPS) is 34.2. The van der Waals surface area contributed by atoms with E-state index in [0.29, 0.717) is 11.8 Å². The van der Waals surface area contributed by atoms with Gasteiger partial charge < -0.3 is 4.79 Å². The van der Waals surface area contributed by atoms with Gasteiger partial charge in [0, 0.05) is 5.92 Å². The van der Waals surface area contributed by atoms with Crippen LogP contribution in [0, 0.1) is 29.6 Å². The molecule has 0 spiro atoms. The van der Waals surface area contributed by atoms with Gasteiger partial charge in [0.05, 0.1) is 0 Å². The van der Waals surface area contributed by atoms with E-state index in [4.69, 9.17) is 0 Å². The third kappa shape index (κ3) is 6.52. The van der Waals surface area contributed by atoms with Gasteiger partial charge in [0.25, 0.3) is 0 Å². The first-order valence-electron chi connectivity index (χ1n) is 11.2. The van der Waals surface area contributed by atoms with Gasteiger partial charge in [0.1, 0.15) is 6.29 Å². The van der Waals surface area contributed by atoms with Crippen LogP contribution in [0.4, 0.5) is 0 Å². The molecule has 2 rings (SSSR count). The quantitative estimate of drug-likeness (QED) is 0.305. The Morgan fingerprint density at radius 3 is 2.00 bits per heavy atom. The minimum atomic E-state index is 0.388. The van der Waals surface area contributed by atoms with Crippen LogP contribution in [-0.4, -0.2) is 6.29 Å². The van der Waals surface area contributed by atoms with Crippen molar-refractivity contribution < 1.29 is 4.79 Å². The van der Waals surface area contributed by atoms with Gasteiger partial charge in [-0.2, -0.15) is 0 Å². The van der Waals surface area contributed by atoms with Crippen LogP contribution in [-0.2, 0) is 4.79 Å². The number of rotatable bonds is 10. The van der Waals surface area contributed by atoms with Crippen LogP contribution in [0.15, 0.2) is 0 Å². The molecule has 0 amide bonds. The van der Waals surface area contributed by atoms with Crippen molar-refractivity contribution in [3.8, 4) is 0 Å². The molecule has 2 saturated carbocycles. The Morgan fingerprint density at radius 2 is 1.29 bits per heavy atom. The smallest absolute Gasteiger partial charge is 0.123 e. The third-order valence-electron chi connectivity index (χ3n) is 7.42. The Labute approximate surface area is 151 Å². The van der Waals surface area contributed by atoms with Gasteiger partial charge in [0.15, 0.2) is 0 Å². The molecule has 0 aromatic rings. The average Bonchev–Trinajstić information content (AvgIpc) is 2.61. The molecule has 0 radical (unpaired) electrons. The van der Waals surface area contributed by atoms with Crippen LogP contribution in [0.1, 0.15) is 110 Å². The summed E-state index contributed by atoms with van der Waals surface area (Å²) < 4.78 is 0. The Balaban J connectivity index is 1.45. The molecule has 0 aliphatic heterocycles. The van der Waals surface area contributed by atoms with Crippen molar-refractivity contribution >= 4 is 6.29 Å². The molecule has 0 aromatic carbocycles. The first-order valence-corrected chi connectivity index (χ1v) is 11.2. The fourth-order valence-corrected chi connectivity index (χ4v) is 5.39. The highest BCUT2D eigenvalue weighted by atomic mass is 16.1. The zero-order chi connectivity index (χ0) is 17.2. The van der Waals surface area contributed by atoms with Crippen LogP contribution >= 0.6 is 0 Å². The van der Waals surface area contributed by atoms with Gasteiger partial charge >= 0.3 is 0 Å². The molecule has 140 valence electrons. The van der Waals surface area contributed by atoms with Gasteiger partial charge in [-0.15, -0.1) is 0 Å². The van der Waals surface area contributed by atoms with Gasteiger partial charge in [0.2, 0.25) is 0 Å². The molecule has 5 unspecified atom stereocenters. The minimum Gasteiger partial charge on any atom is -0.303 e. The van der Waals surface area contributed by atoms with E-state index in [1.807, 2.05) is 0 Å². The molecule has 5 atom stereocenters. The lowest BCUT2D eigenvalue weighted by atomic mass is 9.72. The number of unbranched alkanes of at least 4 members (excludes halogenated alkanes) is 5. The molecule has 2 fully saturated rings. The van der Waals surface area contributed by atoms with E-state index >= 15 is 0 Å². The largest absolute Gasteiger partial charge is 0.303 e. The second kappa shape index (κ2) is 11.3. The first kappa shape index (κ1) is 20.0. The Kier molecular flexibility index (Phi) is 9.43. The summed E-state index contributed by atoms with van der Waals surface area (Å²) in [5.74, 6) is 4.03. The van der Waals surface area contributed by atoms with Crippen LogP contribution in [0.5, 0.6) is 0 Å². The Hall–Kier alpha value is -0.330. The lowest BCUT2D eigenvalue weighted by Crippen LogP contribution is -2.23. The predicted octanol–water partition coefficient (Wildman–Crippen LogP) is 7.18. The van der Waals surface area contributed by atoms with Crippen molar-refractivity contribution in [2.24, 2.45) is 29.6 Å². The highest BCUT2D eigenvalue weighted by Crippen LogP contribution is 2.37. The lowest BCUT2D eigenvalue weighted by Gasteiger charge is -2.34. The lowest BCUT2D eigenvalue weighted by molar-refractivity contribution is -0.113. The molecule has 2 aliphatic rings. The maximum absolute atomic E-state index is 11.2. The zero-order valence-electron chi connectivity index (χ0n) is 16.5. The number of aldehydes is 1. The molecule has 0 bridgehead atoms. The van der Waals surface area contributed by atoms with E-state index in [9.17, 15) is 4.79 Å². The molecule has 0 N–H and O–H groups in total. The topological polar surface area (TPSA) is 17.1 Å². The van der Waals surface area contributed by atoms with Gasteiger partial charge in [-0.25, -0.2) is 0 Å². The third-order valence-corrected chi connectivity index (χ3v) is 7.42. The molecular formula is C23H42O. The van der Waals surface area contributed by atoms with Crippen molar-refractivity contribution in [3.05, 3.63) is 0 Å². The van der Waals surface area contributed by atoms with Crippen LogP contribution in [0.2, 0.25) is 0 Å². The number of carbonyl (C=O) groups excluding carboxylic acids is 1.